The topological polar surface area (TPSA) is 94.5 Å². The fourth-order valence-electron chi connectivity index (χ4n) is 5.46. The minimum Gasteiger partial charge on any atom is -0.412 e. The van der Waals surface area contributed by atoms with Crippen LogP contribution >= 0.6 is 0 Å². The van der Waals surface area contributed by atoms with Crippen molar-refractivity contribution in [2.75, 3.05) is 0 Å². The van der Waals surface area contributed by atoms with Crippen LogP contribution in [0.15, 0.2) is 0 Å². The van der Waals surface area contributed by atoms with Crippen LogP contribution in [0.25, 0.3) is 0 Å². The highest BCUT2D eigenvalue weighted by atomic mass is 19.1. The van der Waals surface area contributed by atoms with Crippen LogP contribution in [0.4, 0.5) is 13.2 Å². The first kappa shape index (κ1) is 24.7. The van der Waals surface area contributed by atoms with Crippen LogP contribution in [-0.2, 0) is 0 Å². The van der Waals surface area contributed by atoms with E-state index in [0.717, 1.165) is 38.5 Å². The van der Waals surface area contributed by atoms with Gasteiger partial charge in [0.2, 0.25) is 0 Å². The number of hydrogen-bond acceptors (Lipinski definition) is 0. The van der Waals surface area contributed by atoms with E-state index in [-0.39, 0.29) is 34.2 Å². The first-order valence-electron chi connectivity index (χ1n) is 9.46. The molecule has 6 unspecified atom stereocenters. The molecule has 0 aromatic rings. The highest BCUT2D eigenvalue weighted by Crippen LogP contribution is 2.47. The third-order valence-electron chi connectivity index (χ3n) is 6.86. The average molecular weight is 370 g/mol. The second-order valence-electron chi connectivity index (χ2n) is 8.36. The van der Waals surface area contributed by atoms with E-state index in [1.54, 1.807) is 0 Å². The Morgan fingerprint density at radius 1 is 0.560 bits per heavy atom. The normalized spacial score (nSPS) is 44.6. The zero-order valence-corrected chi connectivity index (χ0v) is 15.3. The maximum absolute atomic E-state index is 14.7. The zero-order chi connectivity index (χ0) is 15.7. The molecule has 6 heteroatoms. The molecular formula is C19H37F3O3. The van der Waals surface area contributed by atoms with E-state index < -0.39 is 18.5 Å². The summed E-state index contributed by atoms with van der Waals surface area (Å²) in [6.07, 6.45) is 5.91. The molecule has 25 heavy (non-hydrogen) atoms. The van der Waals surface area contributed by atoms with Crippen LogP contribution in [0.1, 0.15) is 71.1 Å². The molecule has 0 bridgehead atoms. The lowest BCUT2D eigenvalue weighted by atomic mass is 9.64. The molecule has 3 fully saturated rings. The van der Waals surface area contributed by atoms with Gasteiger partial charge in [-0.1, -0.05) is 13.3 Å². The van der Waals surface area contributed by atoms with Gasteiger partial charge in [-0.3, -0.25) is 0 Å². The fourth-order valence-corrected chi connectivity index (χ4v) is 5.46. The van der Waals surface area contributed by atoms with Crippen molar-refractivity contribution in [1.29, 1.82) is 0 Å². The predicted molar refractivity (Wildman–Crippen MR) is 94.8 cm³/mol. The highest BCUT2D eigenvalue weighted by molar-refractivity contribution is 4.92. The van der Waals surface area contributed by atoms with Gasteiger partial charge in [-0.2, -0.15) is 0 Å². The lowest BCUT2D eigenvalue weighted by Gasteiger charge is -2.43. The third-order valence-corrected chi connectivity index (χ3v) is 6.86. The van der Waals surface area contributed by atoms with Crippen molar-refractivity contribution >= 4 is 0 Å². The molecule has 3 rings (SSSR count). The number of halogens is 3. The molecule has 0 spiro atoms. The Morgan fingerprint density at radius 3 is 1.60 bits per heavy atom. The van der Waals surface area contributed by atoms with Crippen molar-refractivity contribution in [1.82, 2.24) is 0 Å². The quantitative estimate of drug-likeness (QED) is 0.710. The lowest BCUT2D eigenvalue weighted by molar-refractivity contribution is 0.00679. The van der Waals surface area contributed by atoms with Gasteiger partial charge in [-0.05, 0) is 87.4 Å². The first-order chi connectivity index (χ1) is 10.5. The van der Waals surface area contributed by atoms with Crippen LogP contribution in [-0.4, -0.2) is 34.9 Å². The Morgan fingerprint density at radius 2 is 1.04 bits per heavy atom. The molecular weight excluding hydrogens is 333 g/mol. The van der Waals surface area contributed by atoms with Crippen molar-refractivity contribution in [3.05, 3.63) is 0 Å². The van der Waals surface area contributed by atoms with Crippen LogP contribution in [0, 0.1) is 29.6 Å². The molecule has 3 nitrogen and oxygen atoms in total. The maximum Gasteiger partial charge on any atom is 0.103 e. The molecule has 0 heterocycles. The van der Waals surface area contributed by atoms with Gasteiger partial charge in [0.1, 0.15) is 18.5 Å². The fraction of sp³-hybridized carbons (Fsp3) is 1.00. The molecule has 0 radical (unpaired) electrons. The molecule has 3 aliphatic rings. The second kappa shape index (κ2) is 10.7. The molecule has 0 aromatic heterocycles. The minimum absolute atomic E-state index is 0. The predicted octanol–water partition coefficient (Wildman–Crippen LogP) is 3.57. The summed E-state index contributed by atoms with van der Waals surface area (Å²) in [5.41, 5.74) is 0. The van der Waals surface area contributed by atoms with Crippen LogP contribution < -0.4 is 0 Å². The summed E-state index contributed by atoms with van der Waals surface area (Å²) >= 11 is 0. The monoisotopic (exact) mass is 370 g/mol. The van der Waals surface area contributed by atoms with Crippen molar-refractivity contribution in [2.45, 2.75) is 89.6 Å². The molecule has 0 saturated heterocycles. The number of hydrogen-bond donors (Lipinski definition) is 0. The van der Waals surface area contributed by atoms with Gasteiger partial charge < -0.3 is 16.4 Å². The van der Waals surface area contributed by atoms with Gasteiger partial charge in [0.15, 0.2) is 0 Å². The average Bonchev–Trinajstić information content (AvgIpc) is 2.48. The Labute approximate surface area is 149 Å². The van der Waals surface area contributed by atoms with Gasteiger partial charge in [0.25, 0.3) is 0 Å². The molecule has 0 amide bonds. The largest absolute Gasteiger partial charge is 0.412 e. The number of alkyl halides is 3. The van der Waals surface area contributed by atoms with Crippen molar-refractivity contribution < 1.29 is 29.6 Å². The summed E-state index contributed by atoms with van der Waals surface area (Å²) in [6, 6.07) is 0. The van der Waals surface area contributed by atoms with Crippen molar-refractivity contribution in [2.24, 2.45) is 29.6 Å². The van der Waals surface area contributed by atoms with E-state index in [1.165, 1.54) is 0 Å². The first-order valence-corrected chi connectivity index (χ1v) is 9.46. The van der Waals surface area contributed by atoms with E-state index in [2.05, 4.69) is 6.92 Å². The summed E-state index contributed by atoms with van der Waals surface area (Å²) in [7, 11) is 0. The minimum atomic E-state index is -0.786. The third kappa shape index (κ3) is 5.83. The standard InChI is InChI=1S/C19H31F3.3H2O/c1-12-2-8-17(18(21)10-12)14-5-9-16(19(22)11-14)13-3-6-15(20)7-4-13;;;/h12-19H,2-11H2,1H3;3*1H2. The Hall–Kier alpha value is -0.330. The molecule has 3 aliphatic carbocycles. The molecule has 0 aromatic carbocycles. The zero-order valence-electron chi connectivity index (χ0n) is 15.3. The van der Waals surface area contributed by atoms with E-state index in [0.29, 0.717) is 37.5 Å². The van der Waals surface area contributed by atoms with Crippen LogP contribution in [0.2, 0.25) is 0 Å². The summed E-state index contributed by atoms with van der Waals surface area (Å²) in [5.74, 6) is 1.31. The highest BCUT2D eigenvalue weighted by Gasteiger charge is 2.42. The molecule has 6 atom stereocenters. The summed E-state index contributed by atoms with van der Waals surface area (Å²) in [6.45, 7) is 2.12. The van der Waals surface area contributed by atoms with Crippen molar-refractivity contribution in [3.8, 4) is 0 Å². The lowest BCUT2D eigenvalue weighted by Crippen LogP contribution is -2.39. The summed E-state index contributed by atoms with van der Waals surface area (Å²) in [4.78, 5) is 0. The van der Waals surface area contributed by atoms with Gasteiger partial charge in [0.05, 0.1) is 0 Å². The summed E-state index contributed by atoms with van der Waals surface area (Å²) < 4.78 is 42.3. The van der Waals surface area contributed by atoms with Gasteiger partial charge >= 0.3 is 0 Å². The van der Waals surface area contributed by atoms with Crippen LogP contribution in [0.5, 0.6) is 0 Å². The molecule has 6 N–H and O–H groups in total. The van der Waals surface area contributed by atoms with E-state index in [4.69, 9.17) is 0 Å². The number of rotatable bonds is 2. The van der Waals surface area contributed by atoms with Crippen molar-refractivity contribution in [3.63, 3.8) is 0 Å². The van der Waals surface area contributed by atoms with E-state index in [1.807, 2.05) is 0 Å². The Balaban J connectivity index is 0.00000192. The van der Waals surface area contributed by atoms with Gasteiger partial charge in [0, 0.05) is 0 Å². The van der Waals surface area contributed by atoms with E-state index >= 15 is 0 Å². The van der Waals surface area contributed by atoms with Gasteiger partial charge in [-0.25, -0.2) is 13.2 Å². The Bertz CT molecular complexity index is 364. The molecule has 0 aliphatic heterocycles. The smallest absolute Gasteiger partial charge is 0.103 e. The van der Waals surface area contributed by atoms with Crippen LogP contribution in [0.3, 0.4) is 0 Å². The van der Waals surface area contributed by atoms with Gasteiger partial charge in [-0.15, -0.1) is 0 Å². The van der Waals surface area contributed by atoms with E-state index in [9.17, 15) is 13.2 Å². The Kier molecular flexibility index (Phi) is 10.6. The second-order valence-corrected chi connectivity index (χ2v) is 8.36. The summed E-state index contributed by atoms with van der Waals surface area (Å²) in [5, 5.41) is 0. The SMILES string of the molecule is CC1CCC(C2CCC(C3CCC(F)CC3)C(F)C2)C(F)C1.O.O.O. The molecule has 3 saturated carbocycles. The molecule has 152 valence electrons. The maximum atomic E-state index is 14.7.